The van der Waals surface area contributed by atoms with Crippen molar-refractivity contribution < 1.29 is 9.53 Å². The highest BCUT2D eigenvalue weighted by Crippen LogP contribution is 2.46. The van der Waals surface area contributed by atoms with Gasteiger partial charge in [0.05, 0.1) is 11.6 Å². The van der Waals surface area contributed by atoms with Gasteiger partial charge in [0.25, 0.3) is 0 Å². The molecule has 26 heavy (non-hydrogen) atoms. The zero-order valence-corrected chi connectivity index (χ0v) is 15.9. The number of aromatic nitrogens is 1. The number of para-hydroxylation sites is 1. The van der Waals surface area contributed by atoms with Gasteiger partial charge in [-0.1, -0.05) is 24.3 Å². The van der Waals surface area contributed by atoms with E-state index in [-0.39, 0.29) is 12.1 Å². The van der Waals surface area contributed by atoms with Crippen LogP contribution in [0.5, 0.6) is 0 Å². The predicted molar refractivity (Wildman–Crippen MR) is 104 cm³/mol. The van der Waals surface area contributed by atoms with Crippen LogP contribution in [0.25, 0.3) is 10.9 Å². The lowest BCUT2D eigenvalue weighted by atomic mass is 9.86. The van der Waals surface area contributed by atoms with Crippen molar-refractivity contribution in [3.8, 4) is 0 Å². The molecule has 3 heterocycles. The lowest BCUT2D eigenvalue weighted by molar-refractivity contribution is -0.105. The van der Waals surface area contributed by atoms with Crippen LogP contribution in [0.15, 0.2) is 35.9 Å². The number of allylic oxidation sites excluding steroid dienone is 2. The number of benzene rings is 1. The first-order valence-corrected chi connectivity index (χ1v) is 9.74. The molecular weight excluding hydrogens is 324 g/mol. The minimum absolute atomic E-state index is 0.0231. The molecule has 138 valence electrons. The Morgan fingerprint density at radius 2 is 2.12 bits per heavy atom. The molecule has 0 radical (unpaired) electrons. The second-order valence-electron chi connectivity index (χ2n) is 7.48. The van der Waals surface area contributed by atoms with E-state index in [4.69, 9.17) is 4.74 Å². The minimum atomic E-state index is -0.0231. The van der Waals surface area contributed by atoms with Gasteiger partial charge in [0, 0.05) is 24.2 Å². The lowest BCUT2D eigenvalue weighted by Gasteiger charge is -2.34. The second kappa shape index (κ2) is 7.01. The Morgan fingerprint density at radius 3 is 2.85 bits per heavy atom. The summed E-state index contributed by atoms with van der Waals surface area (Å²) in [4.78, 5) is 14.1. The number of carbonyl (C=O) groups excluding carboxylic acids is 1. The van der Waals surface area contributed by atoms with Crippen molar-refractivity contribution in [2.75, 3.05) is 20.2 Å². The number of carbonyl (C=O) groups is 1. The summed E-state index contributed by atoms with van der Waals surface area (Å²) in [7, 11) is 2.21. The molecule has 4 heteroatoms. The molecule has 0 saturated heterocycles. The normalized spacial score (nSPS) is 26.6. The van der Waals surface area contributed by atoms with Gasteiger partial charge in [-0.15, -0.1) is 0 Å². The molecule has 0 spiro atoms. The Morgan fingerprint density at radius 1 is 1.31 bits per heavy atom. The molecule has 0 saturated carbocycles. The molecule has 0 bridgehead atoms. The highest BCUT2D eigenvalue weighted by atomic mass is 16.5. The summed E-state index contributed by atoms with van der Waals surface area (Å²) in [6, 6.07) is 9.04. The van der Waals surface area contributed by atoms with E-state index in [2.05, 4.69) is 47.7 Å². The van der Waals surface area contributed by atoms with E-state index < -0.39 is 0 Å². The molecule has 1 aromatic heterocycles. The number of aldehydes is 1. The van der Waals surface area contributed by atoms with E-state index in [0.717, 1.165) is 37.7 Å². The summed E-state index contributed by atoms with van der Waals surface area (Å²) < 4.78 is 8.67. The number of nitrogens with zero attached hydrogens (tertiary/aromatic N) is 2. The summed E-state index contributed by atoms with van der Waals surface area (Å²) in [5.74, 6) is 0.228. The molecule has 2 aromatic rings. The van der Waals surface area contributed by atoms with Crippen LogP contribution in [-0.2, 0) is 16.0 Å². The largest absolute Gasteiger partial charge is 0.358 e. The van der Waals surface area contributed by atoms with E-state index in [1.165, 1.54) is 22.2 Å². The van der Waals surface area contributed by atoms with Gasteiger partial charge in [0.2, 0.25) is 0 Å². The molecule has 2 aliphatic heterocycles. The summed E-state index contributed by atoms with van der Waals surface area (Å²) in [6.07, 6.45) is 5.89. The molecule has 0 aliphatic carbocycles. The van der Waals surface area contributed by atoms with Crippen LogP contribution in [0.4, 0.5) is 0 Å². The Hall–Kier alpha value is -1.91. The first kappa shape index (κ1) is 17.5. The van der Waals surface area contributed by atoms with E-state index in [1.54, 1.807) is 0 Å². The van der Waals surface area contributed by atoms with Gasteiger partial charge in [-0.3, -0.25) is 9.69 Å². The van der Waals surface area contributed by atoms with Crippen LogP contribution < -0.4 is 0 Å². The Bertz CT molecular complexity index is 851. The maximum absolute atomic E-state index is 11.7. The van der Waals surface area contributed by atoms with Crippen molar-refractivity contribution in [3.05, 3.63) is 47.2 Å². The van der Waals surface area contributed by atoms with Gasteiger partial charge < -0.3 is 9.30 Å². The molecule has 0 amide bonds. The van der Waals surface area contributed by atoms with Crippen molar-refractivity contribution in [1.29, 1.82) is 0 Å². The molecular formula is C22H28N2O2. The van der Waals surface area contributed by atoms with Crippen LogP contribution in [0.3, 0.4) is 0 Å². The van der Waals surface area contributed by atoms with E-state index in [1.807, 2.05) is 13.0 Å². The third kappa shape index (κ3) is 2.63. The first-order valence-electron chi connectivity index (χ1n) is 9.74. The highest BCUT2D eigenvalue weighted by molar-refractivity contribution is 5.86. The number of rotatable bonds is 4. The fraction of sp³-hybridized carbons (Fsp3) is 0.500. The number of likely N-dealkylation sites (N-methyl/N-ethyl adjacent to an activating group) is 1. The zero-order valence-electron chi connectivity index (χ0n) is 15.9. The molecule has 4 rings (SSSR count). The average molecular weight is 352 g/mol. The van der Waals surface area contributed by atoms with E-state index >= 15 is 0 Å². The summed E-state index contributed by atoms with van der Waals surface area (Å²) in [5.41, 5.74) is 5.06. The van der Waals surface area contributed by atoms with Crippen LogP contribution in [-0.4, -0.2) is 36.0 Å². The Balaban J connectivity index is 1.94. The van der Waals surface area contributed by atoms with Crippen molar-refractivity contribution in [3.63, 3.8) is 0 Å². The third-order valence-corrected chi connectivity index (χ3v) is 6.20. The molecule has 2 aliphatic rings. The Kier molecular flexibility index (Phi) is 4.72. The Labute approximate surface area is 155 Å². The van der Waals surface area contributed by atoms with Crippen LogP contribution >= 0.6 is 0 Å². The molecule has 0 fully saturated rings. The van der Waals surface area contributed by atoms with Crippen molar-refractivity contribution in [2.24, 2.45) is 5.92 Å². The predicted octanol–water partition coefficient (Wildman–Crippen LogP) is 4.26. The third-order valence-electron chi connectivity index (χ3n) is 6.20. The van der Waals surface area contributed by atoms with E-state index in [9.17, 15) is 4.79 Å². The van der Waals surface area contributed by atoms with Gasteiger partial charge >= 0.3 is 0 Å². The van der Waals surface area contributed by atoms with Crippen molar-refractivity contribution in [1.82, 2.24) is 9.47 Å². The second-order valence-corrected chi connectivity index (χ2v) is 7.48. The summed E-state index contributed by atoms with van der Waals surface area (Å²) in [6.45, 7) is 5.75. The maximum atomic E-state index is 11.7. The topological polar surface area (TPSA) is 34.5 Å². The monoisotopic (exact) mass is 352 g/mol. The number of hydrogen-bond acceptors (Lipinski definition) is 3. The zero-order chi connectivity index (χ0) is 18.3. The van der Waals surface area contributed by atoms with Crippen LogP contribution in [0.2, 0.25) is 0 Å². The van der Waals surface area contributed by atoms with Gasteiger partial charge in [-0.2, -0.15) is 0 Å². The van der Waals surface area contributed by atoms with Crippen molar-refractivity contribution in [2.45, 2.75) is 45.4 Å². The molecule has 1 aromatic carbocycles. The SMILES string of the molecule is CC=C(C=O)C1CC2c3c(c4ccccc4n3C(OCC)C1)CCN2C. The quantitative estimate of drug-likeness (QED) is 0.609. The fourth-order valence-corrected chi connectivity index (χ4v) is 4.95. The van der Waals surface area contributed by atoms with Gasteiger partial charge in [0.1, 0.15) is 12.5 Å². The molecule has 4 nitrogen and oxygen atoms in total. The molecule has 3 unspecified atom stereocenters. The van der Waals surface area contributed by atoms with Crippen LogP contribution in [0.1, 0.15) is 50.2 Å². The summed E-state index contributed by atoms with van der Waals surface area (Å²) >= 11 is 0. The van der Waals surface area contributed by atoms with Crippen molar-refractivity contribution >= 4 is 17.2 Å². The smallest absolute Gasteiger partial charge is 0.145 e. The average Bonchev–Trinajstić information content (AvgIpc) is 2.88. The lowest BCUT2D eigenvalue weighted by Crippen LogP contribution is -2.33. The fourth-order valence-electron chi connectivity index (χ4n) is 4.95. The number of hydrogen-bond donors (Lipinski definition) is 0. The van der Waals surface area contributed by atoms with E-state index in [0.29, 0.717) is 12.6 Å². The minimum Gasteiger partial charge on any atom is -0.358 e. The number of ether oxygens (including phenoxy) is 1. The van der Waals surface area contributed by atoms with Crippen LogP contribution in [0, 0.1) is 5.92 Å². The summed E-state index contributed by atoms with van der Waals surface area (Å²) in [5, 5.41) is 1.37. The maximum Gasteiger partial charge on any atom is 0.145 e. The van der Waals surface area contributed by atoms with Gasteiger partial charge in [-0.25, -0.2) is 0 Å². The van der Waals surface area contributed by atoms with Gasteiger partial charge in [-0.05, 0) is 63.3 Å². The first-order chi connectivity index (χ1) is 12.7. The standard InChI is InChI=1S/C22H28N2O2/c1-4-15(14-25)16-12-20-22-18(10-11-23(20)3)17-8-6-7-9-19(17)24(22)21(13-16)26-5-2/h4,6-9,14,16,20-21H,5,10-13H2,1-3H3. The number of fused-ring (bicyclic) bond motifs is 3. The highest BCUT2D eigenvalue weighted by Gasteiger charge is 2.39. The molecule has 0 N–H and O–H groups in total. The molecule has 3 atom stereocenters. The van der Waals surface area contributed by atoms with Gasteiger partial charge in [0.15, 0.2) is 0 Å².